The van der Waals surface area contributed by atoms with Gasteiger partial charge in [0.2, 0.25) is 0 Å². The molecule has 1 heterocycles. The van der Waals surface area contributed by atoms with Crippen LogP contribution in [-0.2, 0) is 4.79 Å². The van der Waals surface area contributed by atoms with Gasteiger partial charge in [0.1, 0.15) is 17.7 Å². The number of allylic oxidation sites excluding steroid dienone is 3. The van der Waals surface area contributed by atoms with Crippen molar-refractivity contribution in [1.82, 2.24) is 0 Å². The van der Waals surface area contributed by atoms with Crippen molar-refractivity contribution in [3.63, 3.8) is 0 Å². The van der Waals surface area contributed by atoms with Crippen LogP contribution in [-0.4, -0.2) is 11.5 Å². The minimum absolute atomic E-state index is 0.0810. The summed E-state index contributed by atoms with van der Waals surface area (Å²) in [5, 5.41) is 19.2. The zero-order chi connectivity index (χ0) is 19.4. The summed E-state index contributed by atoms with van der Waals surface area (Å²) in [6.07, 6.45) is 0. The Kier molecular flexibility index (Phi) is 5.60. The lowest BCUT2D eigenvalue weighted by molar-refractivity contribution is -0.113. The summed E-state index contributed by atoms with van der Waals surface area (Å²) in [6, 6.07) is 21.7. The van der Waals surface area contributed by atoms with Gasteiger partial charge in [-0.05, 0) is 35.3 Å². The number of fused-ring (bicyclic) bond motifs is 1. The third kappa shape index (κ3) is 3.58. The van der Waals surface area contributed by atoms with Crippen molar-refractivity contribution >= 4 is 23.1 Å². The van der Waals surface area contributed by atoms with Crippen LogP contribution in [0.3, 0.4) is 0 Å². The van der Waals surface area contributed by atoms with E-state index in [-0.39, 0.29) is 23.2 Å². The summed E-state index contributed by atoms with van der Waals surface area (Å²) in [7, 11) is 0. The van der Waals surface area contributed by atoms with E-state index < -0.39 is 0 Å². The standard InChI is InChI=1S/C23H18N2OS/c1-15(16(2)26)22(17-8-4-3-5-9-17)20-14-27-21-11-7-6-10-19(21)23(20)18(12-24)13-25/h3-11,20,22H,1,14H2,2H3/t20?,22-/m0/s1. The number of thioether (sulfide) groups is 1. The molecular weight excluding hydrogens is 352 g/mol. The van der Waals surface area contributed by atoms with E-state index in [9.17, 15) is 15.3 Å². The average molecular weight is 370 g/mol. The SMILES string of the molecule is C=C(C(C)=O)[C@@H](c1ccccc1)C1CSc2ccccc2C1=C(C#N)C#N. The van der Waals surface area contributed by atoms with E-state index in [4.69, 9.17) is 0 Å². The molecule has 0 N–H and O–H groups in total. The third-order valence-electron chi connectivity index (χ3n) is 4.85. The fraction of sp³-hybridized carbons (Fsp3) is 0.174. The highest BCUT2D eigenvalue weighted by atomic mass is 32.2. The maximum absolute atomic E-state index is 12.2. The molecule has 2 atom stereocenters. The Morgan fingerprint density at radius 2 is 1.74 bits per heavy atom. The number of hydrogen-bond acceptors (Lipinski definition) is 4. The molecule has 0 fully saturated rings. The van der Waals surface area contributed by atoms with E-state index in [0.29, 0.717) is 16.9 Å². The van der Waals surface area contributed by atoms with Crippen LogP contribution in [0.2, 0.25) is 0 Å². The van der Waals surface area contributed by atoms with Gasteiger partial charge in [-0.2, -0.15) is 10.5 Å². The van der Waals surface area contributed by atoms with Gasteiger partial charge in [-0.1, -0.05) is 55.1 Å². The third-order valence-corrected chi connectivity index (χ3v) is 6.04. The summed E-state index contributed by atoms with van der Waals surface area (Å²) in [4.78, 5) is 13.3. The van der Waals surface area contributed by atoms with Gasteiger partial charge in [0.25, 0.3) is 0 Å². The first kappa shape index (κ1) is 18.7. The monoisotopic (exact) mass is 370 g/mol. The highest BCUT2D eigenvalue weighted by Gasteiger charge is 2.36. The normalized spacial score (nSPS) is 16.4. The maximum atomic E-state index is 12.2. The topological polar surface area (TPSA) is 64.7 Å². The van der Waals surface area contributed by atoms with Crippen LogP contribution in [0.4, 0.5) is 0 Å². The second-order valence-electron chi connectivity index (χ2n) is 6.40. The lowest BCUT2D eigenvalue weighted by atomic mass is 9.74. The lowest BCUT2D eigenvalue weighted by Gasteiger charge is -2.34. The highest BCUT2D eigenvalue weighted by Crippen LogP contribution is 2.49. The van der Waals surface area contributed by atoms with E-state index in [0.717, 1.165) is 16.0 Å². The molecule has 2 aromatic carbocycles. The number of rotatable bonds is 4. The van der Waals surface area contributed by atoms with Crippen molar-refractivity contribution in [2.75, 3.05) is 5.75 Å². The fourth-order valence-corrected chi connectivity index (χ4v) is 4.79. The van der Waals surface area contributed by atoms with Gasteiger partial charge in [-0.15, -0.1) is 11.8 Å². The van der Waals surface area contributed by atoms with Gasteiger partial charge in [-0.3, -0.25) is 4.79 Å². The van der Waals surface area contributed by atoms with E-state index in [1.54, 1.807) is 11.8 Å². The second kappa shape index (κ2) is 8.08. The Hall–Kier alpha value is -3.08. The number of carbonyl (C=O) groups is 1. The molecule has 4 heteroatoms. The molecule has 0 saturated heterocycles. The van der Waals surface area contributed by atoms with Gasteiger partial charge in [-0.25, -0.2) is 0 Å². The first-order valence-electron chi connectivity index (χ1n) is 8.59. The van der Waals surface area contributed by atoms with Gasteiger partial charge in [0.05, 0.1) is 0 Å². The summed E-state index contributed by atoms with van der Waals surface area (Å²) in [6.45, 7) is 5.58. The lowest BCUT2D eigenvalue weighted by Crippen LogP contribution is -2.25. The Morgan fingerprint density at radius 3 is 2.37 bits per heavy atom. The molecular formula is C23H18N2OS. The number of carbonyl (C=O) groups excluding carboxylic acids is 1. The number of ketones is 1. The molecule has 27 heavy (non-hydrogen) atoms. The van der Waals surface area contributed by atoms with Crippen LogP contribution < -0.4 is 0 Å². The molecule has 0 amide bonds. The van der Waals surface area contributed by atoms with Gasteiger partial charge >= 0.3 is 0 Å². The molecule has 3 nitrogen and oxygen atoms in total. The predicted molar refractivity (Wildman–Crippen MR) is 108 cm³/mol. The van der Waals surface area contributed by atoms with Gasteiger partial charge in [0.15, 0.2) is 5.78 Å². The van der Waals surface area contributed by atoms with Gasteiger partial charge in [0, 0.05) is 22.5 Å². The van der Waals surface area contributed by atoms with Crippen LogP contribution in [0.1, 0.15) is 24.0 Å². The van der Waals surface area contributed by atoms with E-state index in [1.165, 1.54) is 6.92 Å². The minimum atomic E-state index is -0.281. The largest absolute Gasteiger partial charge is 0.295 e. The number of nitriles is 2. The molecule has 1 aliphatic heterocycles. The van der Waals surface area contributed by atoms with Crippen molar-refractivity contribution < 1.29 is 4.79 Å². The average Bonchev–Trinajstić information content (AvgIpc) is 2.70. The first-order chi connectivity index (χ1) is 13.1. The zero-order valence-electron chi connectivity index (χ0n) is 15.0. The van der Waals surface area contributed by atoms with Gasteiger partial charge < -0.3 is 0 Å². The quantitative estimate of drug-likeness (QED) is 0.552. The Bertz CT molecular complexity index is 993. The van der Waals surface area contributed by atoms with Crippen LogP contribution >= 0.6 is 11.8 Å². The maximum Gasteiger partial charge on any atom is 0.155 e. The molecule has 0 aliphatic carbocycles. The fourth-order valence-electron chi connectivity index (χ4n) is 3.56. The zero-order valence-corrected chi connectivity index (χ0v) is 15.8. The van der Waals surface area contributed by atoms with Crippen LogP contribution in [0.15, 0.2) is 77.2 Å². The molecule has 3 rings (SSSR count). The van der Waals surface area contributed by atoms with Crippen LogP contribution in [0.25, 0.3) is 5.57 Å². The van der Waals surface area contributed by atoms with E-state index >= 15 is 0 Å². The molecule has 1 unspecified atom stereocenters. The van der Waals surface area contributed by atoms with E-state index in [2.05, 4.69) is 18.7 Å². The Morgan fingerprint density at radius 1 is 1.11 bits per heavy atom. The number of benzene rings is 2. The van der Waals surface area contributed by atoms with E-state index in [1.807, 2.05) is 54.6 Å². The smallest absolute Gasteiger partial charge is 0.155 e. The molecule has 0 aromatic heterocycles. The minimum Gasteiger partial charge on any atom is -0.295 e. The molecule has 0 saturated carbocycles. The predicted octanol–water partition coefficient (Wildman–Crippen LogP) is 5.14. The molecule has 0 spiro atoms. The summed E-state index contributed by atoms with van der Waals surface area (Å²) >= 11 is 1.69. The van der Waals surface area contributed by atoms with Crippen molar-refractivity contribution in [3.05, 3.63) is 83.4 Å². The van der Waals surface area contributed by atoms with Crippen molar-refractivity contribution in [2.24, 2.45) is 5.92 Å². The number of nitrogens with zero attached hydrogens (tertiary/aromatic N) is 2. The highest BCUT2D eigenvalue weighted by molar-refractivity contribution is 7.99. The summed E-state index contributed by atoms with van der Waals surface area (Å²) in [5.74, 6) is 0.127. The molecule has 132 valence electrons. The number of Topliss-reactive ketones (excluding diaryl/α,β-unsaturated/α-hetero) is 1. The van der Waals surface area contributed by atoms with Crippen molar-refractivity contribution in [1.29, 1.82) is 10.5 Å². The summed E-state index contributed by atoms with van der Waals surface area (Å²) in [5.41, 5.74) is 3.18. The second-order valence-corrected chi connectivity index (χ2v) is 7.46. The molecule has 0 bridgehead atoms. The Labute approximate surface area is 163 Å². The Balaban J connectivity index is 2.24. The molecule has 1 aliphatic rings. The van der Waals surface area contributed by atoms with Crippen molar-refractivity contribution in [2.45, 2.75) is 17.7 Å². The number of hydrogen-bond donors (Lipinski definition) is 0. The van der Waals surface area contributed by atoms with Crippen LogP contribution in [0.5, 0.6) is 0 Å². The van der Waals surface area contributed by atoms with Crippen LogP contribution in [0, 0.1) is 28.6 Å². The molecule has 0 radical (unpaired) electrons. The first-order valence-corrected chi connectivity index (χ1v) is 9.58. The van der Waals surface area contributed by atoms with Crippen molar-refractivity contribution in [3.8, 4) is 12.1 Å². The molecule has 2 aromatic rings. The summed E-state index contributed by atoms with van der Waals surface area (Å²) < 4.78 is 0.